The summed E-state index contributed by atoms with van der Waals surface area (Å²) in [5, 5.41) is 0. The van der Waals surface area contributed by atoms with Crippen molar-refractivity contribution in [3.05, 3.63) is 76.5 Å². The number of ether oxygens (including phenoxy) is 2. The van der Waals surface area contributed by atoms with Gasteiger partial charge >= 0.3 is 11.9 Å². The van der Waals surface area contributed by atoms with Crippen molar-refractivity contribution >= 4 is 29.4 Å². The predicted molar refractivity (Wildman–Crippen MR) is 121 cm³/mol. The lowest BCUT2D eigenvalue weighted by Gasteiger charge is -2.30. The van der Waals surface area contributed by atoms with E-state index in [1.54, 1.807) is 18.7 Å². The van der Waals surface area contributed by atoms with Crippen LogP contribution in [0.1, 0.15) is 36.5 Å². The molecule has 2 heterocycles. The van der Waals surface area contributed by atoms with Gasteiger partial charge in [0.05, 0.1) is 17.9 Å². The number of rotatable bonds is 6. The first kappa shape index (κ1) is 21.4. The fourth-order valence-corrected chi connectivity index (χ4v) is 5.14. The molecule has 2 atom stereocenters. The smallest absolute Gasteiger partial charge is 0.337 e. The molecule has 5 nitrogen and oxygen atoms in total. The number of carbonyl (C=O) groups is 2. The summed E-state index contributed by atoms with van der Waals surface area (Å²) in [6.45, 7) is 6.10. The van der Waals surface area contributed by atoms with E-state index in [2.05, 4.69) is 36.2 Å². The maximum Gasteiger partial charge on any atom is 0.337 e. The average Bonchev–Trinajstić information content (AvgIpc) is 3.13. The van der Waals surface area contributed by atoms with Gasteiger partial charge in [-0.3, -0.25) is 9.79 Å². The first-order valence-corrected chi connectivity index (χ1v) is 11.4. The number of aliphatic imine (C=N–C) groups is 1. The van der Waals surface area contributed by atoms with Crippen LogP contribution in [0, 0.1) is 12.8 Å². The van der Waals surface area contributed by atoms with Gasteiger partial charge in [0.15, 0.2) is 0 Å². The van der Waals surface area contributed by atoms with Gasteiger partial charge in [0.2, 0.25) is 0 Å². The highest BCUT2D eigenvalue weighted by atomic mass is 32.2. The molecule has 0 N–H and O–H groups in total. The molecule has 160 valence electrons. The van der Waals surface area contributed by atoms with Crippen LogP contribution < -0.4 is 0 Å². The van der Waals surface area contributed by atoms with Crippen molar-refractivity contribution in [1.82, 2.24) is 0 Å². The van der Waals surface area contributed by atoms with Crippen LogP contribution in [-0.4, -0.2) is 30.9 Å². The van der Waals surface area contributed by atoms with Crippen LogP contribution in [0.3, 0.4) is 0 Å². The van der Waals surface area contributed by atoms with Gasteiger partial charge in [0.25, 0.3) is 0 Å². The van der Waals surface area contributed by atoms with Crippen molar-refractivity contribution in [2.45, 2.75) is 37.3 Å². The summed E-state index contributed by atoms with van der Waals surface area (Å²) in [7, 11) is 0. The topological polar surface area (TPSA) is 65.0 Å². The third-order valence-electron chi connectivity index (χ3n) is 5.59. The number of carbonyl (C=O) groups excluding carboxylic acids is 2. The maximum absolute atomic E-state index is 12.9. The number of esters is 2. The second-order valence-corrected chi connectivity index (χ2v) is 8.73. The van der Waals surface area contributed by atoms with Crippen LogP contribution in [0.4, 0.5) is 0 Å². The normalized spacial score (nSPS) is 20.2. The lowest BCUT2D eigenvalue weighted by molar-refractivity contribution is -0.146. The molecule has 2 aliphatic heterocycles. The number of benzene rings is 2. The van der Waals surface area contributed by atoms with E-state index in [0.29, 0.717) is 17.0 Å². The Labute approximate surface area is 186 Å². The van der Waals surface area contributed by atoms with Crippen LogP contribution >= 0.6 is 11.8 Å². The van der Waals surface area contributed by atoms with Gasteiger partial charge in [0, 0.05) is 22.3 Å². The van der Waals surface area contributed by atoms with Crippen molar-refractivity contribution in [3.8, 4) is 0 Å². The van der Waals surface area contributed by atoms with Crippen molar-refractivity contribution < 1.29 is 19.1 Å². The molecule has 31 heavy (non-hydrogen) atoms. The number of hydrogen-bond acceptors (Lipinski definition) is 6. The van der Waals surface area contributed by atoms with E-state index in [0.717, 1.165) is 16.2 Å². The molecule has 0 radical (unpaired) electrons. The quantitative estimate of drug-likeness (QED) is 0.480. The monoisotopic (exact) mass is 435 g/mol. The zero-order chi connectivity index (χ0) is 22.0. The molecular formula is C25H25NO4S. The van der Waals surface area contributed by atoms with E-state index in [1.807, 2.05) is 31.2 Å². The number of aryl methyl sites for hydroxylation is 1. The standard InChI is InChI=1S/C25H25NO4S/c1-4-29-24(27)21-16(3)26-19-13-30-25(28)23(19)22(21)18-7-5-6-8-20(18)31-14-17-11-9-15(2)10-12-17/h5-12,21-22H,4,13-14H2,1-3H3. The second-order valence-electron chi connectivity index (χ2n) is 7.71. The molecule has 4 rings (SSSR count). The predicted octanol–water partition coefficient (Wildman–Crippen LogP) is 4.84. The van der Waals surface area contributed by atoms with Crippen molar-refractivity contribution in [2.24, 2.45) is 10.9 Å². The van der Waals surface area contributed by atoms with Gasteiger partial charge in [-0.25, -0.2) is 4.79 Å². The van der Waals surface area contributed by atoms with E-state index in [-0.39, 0.29) is 19.2 Å². The van der Waals surface area contributed by atoms with Crippen molar-refractivity contribution in [2.75, 3.05) is 13.2 Å². The van der Waals surface area contributed by atoms with Crippen LogP contribution in [0.2, 0.25) is 0 Å². The van der Waals surface area contributed by atoms with Gasteiger partial charge in [-0.1, -0.05) is 48.0 Å². The Balaban J connectivity index is 1.73. The first-order chi connectivity index (χ1) is 15.0. The van der Waals surface area contributed by atoms with E-state index in [9.17, 15) is 9.59 Å². The van der Waals surface area contributed by atoms with E-state index in [1.165, 1.54) is 11.1 Å². The van der Waals surface area contributed by atoms with Crippen LogP contribution in [0.25, 0.3) is 0 Å². The highest BCUT2D eigenvalue weighted by Crippen LogP contribution is 2.45. The van der Waals surface area contributed by atoms with E-state index < -0.39 is 17.8 Å². The molecule has 0 saturated heterocycles. The molecule has 2 aliphatic rings. The summed E-state index contributed by atoms with van der Waals surface area (Å²) < 4.78 is 10.7. The Morgan fingerprint density at radius 1 is 1.16 bits per heavy atom. The second kappa shape index (κ2) is 9.10. The van der Waals surface area contributed by atoms with Gasteiger partial charge in [-0.2, -0.15) is 0 Å². The molecule has 2 aromatic carbocycles. The summed E-state index contributed by atoms with van der Waals surface area (Å²) in [6.07, 6.45) is 0. The van der Waals surface area contributed by atoms with Crippen LogP contribution in [0.5, 0.6) is 0 Å². The summed E-state index contributed by atoms with van der Waals surface area (Å²) in [4.78, 5) is 31.1. The molecule has 0 bridgehead atoms. The Morgan fingerprint density at radius 2 is 1.90 bits per heavy atom. The molecular weight excluding hydrogens is 410 g/mol. The molecule has 2 unspecified atom stereocenters. The Hall–Kier alpha value is -2.86. The Kier molecular flexibility index (Phi) is 6.28. The number of thioether (sulfide) groups is 1. The van der Waals surface area contributed by atoms with Gasteiger partial charge in [-0.15, -0.1) is 11.8 Å². The maximum atomic E-state index is 12.9. The SMILES string of the molecule is CCOC(=O)C1C(C)=NC2=C(C(=O)OC2)C1c1ccccc1SCc1ccc(C)cc1. The largest absolute Gasteiger partial charge is 0.465 e. The number of nitrogens with zero attached hydrogens (tertiary/aromatic N) is 1. The molecule has 0 amide bonds. The highest BCUT2D eigenvalue weighted by molar-refractivity contribution is 7.98. The minimum absolute atomic E-state index is 0.149. The lowest BCUT2D eigenvalue weighted by Crippen LogP contribution is -2.35. The fourth-order valence-electron chi connectivity index (χ4n) is 4.08. The summed E-state index contributed by atoms with van der Waals surface area (Å²) >= 11 is 1.70. The third-order valence-corrected chi connectivity index (χ3v) is 6.75. The molecule has 0 spiro atoms. The van der Waals surface area contributed by atoms with E-state index in [4.69, 9.17) is 9.47 Å². The van der Waals surface area contributed by atoms with Crippen molar-refractivity contribution in [1.29, 1.82) is 0 Å². The van der Waals surface area contributed by atoms with Gasteiger partial charge < -0.3 is 9.47 Å². The Bertz CT molecular complexity index is 1070. The third kappa shape index (κ3) is 4.30. The highest BCUT2D eigenvalue weighted by Gasteiger charge is 2.46. The van der Waals surface area contributed by atoms with Crippen molar-refractivity contribution in [3.63, 3.8) is 0 Å². The molecule has 0 saturated carbocycles. The average molecular weight is 436 g/mol. The minimum atomic E-state index is -0.648. The zero-order valence-corrected chi connectivity index (χ0v) is 18.7. The molecule has 6 heteroatoms. The summed E-state index contributed by atoms with van der Waals surface area (Å²) in [5.74, 6) is -1.09. The fraction of sp³-hybridized carbons (Fsp3) is 0.320. The minimum Gasteiger partial charge on any atom is -0.465 e. The molecule has 0 fully saturated rings. The Morgan fingerprint density at radius 3 is 2.65 bits per heavy atom. The molecule has 0 aromatic heterocycles. The van der Waals surface area contributed by atoms with E-state index >= 15 is 0 Å². The molecule has 0 aliphatic carbocycles. The van der Waals surface area contributed by atoms with Gasteiger partial charge in [-0.05, 0) is 38.0 Å². The summed E-state index contributed by atoms with van der Waals surface area (Å²) in [6, 6.07) is 16.4. The zero-order valence-electron chi connectivity index (χ0n) is 17.9. The van der Waals surface area contributed by atoms with Gasteiger partial charge in [0.1, 0.15) is 12.5 Å². The van der Waals surface area contributed by atoms with Crippen LogP contribution in [0.15, 0.2) is 69.7 Å². The lowest BCUT2D eigenvalue weighted by atomic mass is 9.76. The first-order valence-electron chi connectivity index (χ1n) is 10.4. The summed E-state index contributed by atoms with van der Waals surface area (Å²) in [5.41, 5.74) is 5.12. The number of cyclic esters (lactones) is 1. The molecule has 2 aromatic rings. The van der Waals surface area contributed by atoms with Crippen LogP contribution in [-0.2, 0) is 24.8 Å². The number of hydrogen-bond donors (Lipinski definition) is 0.